The van der Waals surface area contributed by atoms with Crippen molar-refractivity contribution < 1.29 is 9.50 Å². The van der Waals surface area contributed by atoms with Gasteiger partial charge >= 0.3 is 0 Å². The number of aliphatic hydroxyl groups is 1. The van der Waals surface area contributed by atoms with Crippen LogP contribution in [0.4, 0.5) is 4.39 Å². The SMILES string of the molecule is OC[C@H](NC(=C1CC1)c1cncc2c1cnn2-c1ccc(F)cc1)c1ccnc(Br)c1. The van der Waals surface area contributed by atoms with E-state index in [0.29, 0.717) is 0 Å². The van der Waals surface area contributed by atoms with Crippen LogP contribution in [-0.4, -0.2) is 31.5 Å². The molecule has 0 saturated heterocycles. The number of nitrogens with zero attached hydrogens (tertiary/aromatic N) is 4. The lowest BCUT2D eigenvalue weighted by atomic mass is 10.1. The van der Waals surface area contributed by atoms with Crippen molar-refractivity contribution in [2.45, 2.75) is 18.9 Å². The van der Waals surface area contributed by atoms with Crippen LogP contribution in [0.5, 0.6) is 0 Å². The maximum Gasteiger partial charge on any atom is 0.123 e. The third-order valence-electron chi connectivity index (χ3n) is 5.35. The molecule has 31 heavy (non-hydrogen) atoms. The first-order valence-electron chi connectivity index (χ1n) is 9.93. The highest BCUT2D eigenvalue weighted by atomic mass is 79.9. The lowest BCUT2D eigenvalue weighted by Crippen LogP contribution is -2.23. The van der Waals surface area contributed by atoms with E-state index >= 15 is 0 Å². The Balaban J connectivity index is 1.55. The minimum absolute atomic E-state index is 0.0640. The molecule has 1 aliphatic carbocycles. The third kappa shape index (κ3) is 3.96. The normalized spacial score (nSPS) is 14.0. The van der Waals surface area contributed by atoms with Gasteiger partial charge in [-0.3, -0.25) is 4.98 Å². The smallest absolute Gasteiger partial charge is 0.123 e. The van der Waals surface area contributed by atoms with Crippen molar-refractivity contribution in [2.24, 2.45) is 0 Å². The number of fused-ring (bicyclic) bond motifs is 1. The van der Waals surface area contributed by atoms with Gasteiger partial charge in [0.15, 0.2) is 0 Å². The summed E-state index contributed by atoms with van der Waals surface area (Å²) in [5, 5.41) is 19.1. The number of aromatic nitrogens is 4. The summed E-state index contributed by atoms with van der Waals surface area (Å²) in [6, 6.07) is 9.71. The fourth-order valence-corrected chi connectivity index (χ4v) is 4.04. The summed E-state index contributed by atoms with van der Waals surface area (Å²) in [5.74, 6) is -0.290. The molecule has 1 saturated carbocycles. The van der Waals surface area contributed by atoms with E-state index in [1.165, 1.54) is 17.7 Å². The maximum atomic E-state index is 13.3. The molecule has 0 aliphatic heterocycles. The first-order valence-corrected chi connectivity index (χ1v) is 10.7. The molecule has 6 nitrogen and oxygen atoms in total. The summed E-state index contributed by atoms with van der Waals surface area (Å²) >= 11 is 3.40. The first kappa shape index (κ1) is 19.8. The van der Waals surface area contributed by atoms with Gasteiger partial charge in [0.2, 0.25) is 0 Å². The van der Waals surface area contributed by atoms with Crippen LogP contribution in [0.25, 0.3) is 22.3 Å². The number of aliphatic hydroxyl groups excluding tert-OH is 1. The molecule has 0 amide bonds. The van der Waals surface area contributed by atoms with E-state index < -0.39 is 0 Å². The summed E-state index contributed by atoms with van der Waals surface area (Å²) in [6.45, 7) is -0.0640. The van der Waals surface area contributed by atoms with Gasteiger partial charge in [-0.1, -0.05) is 0 Å². The van der Waals surface area contributed by atoms with Gasteiger partial charge in [-0.15, -0.1) is 0 Å². The summed E-state index contributed by atoms with van der Waals surface area (Å²) in [6.07, 6.45) is 9.10. The molecule has 1 aliphatic rings. The average Bonchev–Trinajstić information content (AvgIpc) is 3.53. The summed E-state index contributed by atoms with van der Waals surface area (Å²) in [4.78, 5) is 8.62. The largest absolute Gasteiger partial charge is 0.394 e. The van der Waals surface area contributed by atoms with E-state index in [9.17, 15) is 9.50 Å². The van der Waals surface area contributed by atoms with Crippen LogP contribution >= 0.6 is 15.9 Å². The molecular weight excluding hydrogens is 461 g/mol. The van der Waals surface area contributed by atoms with Crippen LogP contribution in [0, 0.1) is 5.82 Å². The standard InChI is InChI=1S/C23H19BrFN5O/c24-22-9-15(7-8-27-22)20(13-31)29-23(14-1-2-14)19-10-26-12-21-18(19)11-28-30(21)17-5-3-16(25)4-6-17/h3-12,20,29,31H,1-2,13H2/t20-/m0/s1. The first-order chi connectivity index (χ1) is 15.1. The number of benzene rings is 1. The van der Waals surface area contributed by atoms with Crippen molar-refractivity contribution in [3.05, 3.63) is 88.3 Å². The minimum Gasteiger partial charge on any atom is -0.394 e. The second-order valence-corrected chi connectivity index (χ2v) is 8.24. The Morgan fingerprint density at radius 3 is 2.68 bits per heavy atom. The zero-order valence-electron chi connectivity index (χ0n) is 16.5. The zero-order chi connectivity index (χ0) is 21.4. The monoisotopic (exact) mass is 479 g/mol. The van der Waals surface area contributed by atoms with Gasteiger partial charge in [-0.25, -0.2) is 14.1 Å². The molecule has 0 unspecified atom stereocenters. The molecule has 0 spiro atoms. The van der Waals surface area contributed by atoms with Crippen LogP contribution in [0.15, 0.2) is 71.4 Å². The van der Waals surface area contributed by atoms with Crippen LogP contribution in [0.3, 0.4) is 0 Å². The predicted molar refractivity (Wildman–Crippen MR) is 120 cm³/mol. The van der Waals surface area contributed by atoms with Gasteiger partial charge in [-0.2, -0.15) is 5.10 Å². The third-order valence-corrected chi connectivity index (χ3v) is 5.78. The molecule has 2 N–H and O–H groups in total. The highest BCUT2D eigenvalue weighted by molar-refractivity contribution is 9.10. The minimum atomic E-state index is -0.290. The molecule has 156 valence electrons. The van der Waals surface area contributed by atoms with Crippen LogP contribution in [-0.2, 0) is 0 Å². The maximum absolute atomic E-state index is 13.3. The summed E-state index contributed by atoms with van der Waals surface area (Å²) < 4.78 is 15.8. The van der Waals surface area contributed by atoms with Gasteiger partial charge in [0.05, 0.1) is 36.2 Å². The van der Waals surface area contributed by atoms with E-state index in [0.717, 1.165) is 50.9 Å². The Labute approximate surface area is 186 Å². The second kappa shape index (κ2) is 8.20. The highest BCUT2D eigenvalue weighted by Crippen LogP contribution is 2.38. The van der Waals surface area contributed by atoms with Crippen molar-refractivity contribution in [3.63, 3.8) is 0 Å². The molecule has 1 atom stereocenters. The molecule has 1 fully saturated rings. The number of pyridine rings is 2. The Morgan fingerprint density at radius 2 is 1.97 bits per heavy atom. The van der Waals surface area contributed by atoms with Gasteiger partial charge in [0.1, 0.15) is 10.4 Å². The molecule has 3 heterocycles. The number of halogens is 2. The number of allylic oxidation sites excluding steroid dienone is 1. The molecule has 1 aromatic carbocycles. The van der Waals surface area contributed by atoms with Crippen LogP contribution < -0.4 is 5.32 Å². The Hall–Kier alpha value is -3.10. The lowest BCUT2D eigenvalue weighted by Gasteiger charge is -2.21. The van der Waals surface area contributed by atoms with Crippen molar-refractivity contribution in [3.8, 4) is 5.69 Å². The van der Waals surface area contributed by atoms with Crippen LogP contribution in [0.2, 0.25) is 0 Å². The number of rotatable bonds is 6. The van der Waals surface area contributed by atoms with Crippen molar-refractivity contribution in [1.82, 2.24) is 25.1 Å². The molecule has 0 radical (unpaired) electrons. The Kier molecular flexibility index (Phi) is 5.25. The average molecular weight is 480 g/mol. The molecule has 5 rings (SSSR count). The van der Waals surface area contributed by atoms with Crippen molar-refractivity contribution in [1.29, 1.82) is 0 Å². The molecule has 0 bridgehead atoms. The summed E-state index contributed by atoms with van der Waals surface area (Å²) in [5.41, 5.74) is 5.73. The van der Waals surface area contributed by atoms with E-state index in [4.69, 9.17) is 0 Å². The van der Waals surface area contributed by atoms with E-state index in [1.54, 1.807) is 35.4 Å². The fraction of sp³-hybridized carbons (Fsp3) is 0.174. The van der Waals surface area contributed by atoms with Crippen LogP contribution in [0.1, 0.15) is 30.0 Å². The highest BCUT2D eigenvalue weighted by Gasteiger charge is 2.24. The van der Waals surface area contributed by atoms with Gasteiger partial charge in [0.25, 0.3) is 0 Å². The van der Waals surface area contributed by atoms with Gasteiger partial charge in [0, 0.05) is 29.0 Å². The van der Waals surface area contributed by atoms with E-state index in [1.807, 2.05) is 18.3 Å². The van der Waals surface area contributed by atoms with Gasteiger partial charge < -0.3 is 10.4 Å². The number of hydrogen-bond acceptors (Lipinski definition) is 5. The molecule has 4 aromatic rings. The van der Waals surface area contributed by atoms with E-state index in [-0.39, 0.29) is 18.5 Å². The second-order valence-electron chi connectivity index (χ2n) is 7.42. The van der Waals surface area contributed by atoms with E-state index in [2.05, 4.69) is 36.3 Å². The predicted octanol–water partition coefficient (Wildman–Crippen LogP) is 4.55. The summed E-state index contributed by atoms with van der Waals surface area (Å²) in [7, 11) is 0. The number of hydrogen-bond donors (Lipinski definition) is 2. The quantitative estimate of drug-likeness (QED) is 0.397. The van der Waals surface area contributed by atoms with Crippen molar-refractivity contribution >= 4 is 32.5 Å². The number of nitrogens with one attached hydrogen (secondary N) is 1. The van der Waals surface area contributed by atoms with Crippen molar-refractivity contribution in [2.75, 3.05) is 6.61 Å². The zero-order valence-corrected chi connectivity index (χ0v) is 18.1. The molecule has 3 aromatic heterocycles. The Morgan fingerprint density at radius 1 is 1.16 bits per heavy atom. The fourth-order valence-electron chi connectivity index (χ4n) is 3.65. The molecule has 8 heteroatoms. The lowest BCUT2D eigenvalue weighted by molar-refractivity contribution is 0.256. The topological polar surface area (TPSA) is 75.9 Å². The molecular formula is C23H19BrFN5O. The van der Waals surface area contributed by atoms with Gasteiger partial charge in [-0.05, 0) is 76.3 Å². The Bertz CT molecular complexity index is 1280.